The van der Waals surface area contributed by atoms with Gasteiger partial charge in [-0.15, -0.1) is 0 Å². The molecule has 1 aromatic carbocycles. The molecular formula is C21H25NO6. The lowest BCUT2D eigenvalue weighted by Gasteiger charge is -2.19. The van der Waals surface area contributed by atoms with Crippen LogP contribution in [-0.2, 0) is 14.3 Å². The molecule has 7 nitrogen and oxygen atoms in total. The molecule has 0 bridgehead atoms. The number of carbonyl (C=O) groups excluding carboxylic acids is 3. The van der Waals surface area contributed by atoms with Crippen molar-refractivity contribution in [3.05, 3.63) is 52.8 Å². The third-order valence-corrected chi connectivity index (χ3v) is 4.39. The highest BCUT2D eigenvalue weighted by atomic mass is 16.6. The Morgan fingerprint density at radius 1 is 1.11 bits per heavy atom. The van der Waals surface area contributed by atoms with E-state index in [4.69, 9.17) is 14.2 Å². The number of methoxy groups -OCH3 is 1. The number of aromatic amines is 1. The van der Waals surface area contributed by atoms with Crippen LogP contribution in [0, 0.1) is 13.8 Å². The van der Waals surface area contributed by atoms with Crippen LogP contribution >= 0.6 is 0 Å². The highest BCUT2D eigenvalue weighted by Gasteiger charge is 2.29. The zero-order valence-corrected chi connectivity index (χ0v) is 16.7. The van der Waals surface area contributed by atoms with Crippen molar-refractivity contribution in [2.45, 2.75) is 46.3 Å². The molecule has 2 rings (SSSR count). The smallest absolute Gasteiger partial charge is 0.348 e. The first-order valence-corrected chi connectivity index (χ1v) is 9.04. The molecular weight excluding hydrogens is 362 g/mol. The second-order valence-electron chi connectivity index (χ2n) is 6.39. The normalized spacial score (nSPS) is 12.8. The number of hydrogen-bond acceptors (Lipinski definition) is 6. The Kier molecular flexibility index (Phi) is 6.98. The van der Waals surface area contributed by atoms with Crippen molar-refractivity contribution in [2.75, 3.05) is 7.11 Å². The second kappa shape index (κ2) is 9.21. The standard InChI is InChI=1S/C21H25NO6/c1-6-16(28-15-10-8-7-9-11-15)20(24)27-14(4)19(23)18-12(2)17(13(3)22-18)21(25)26-5/h7-11,14,16,22H,6H2,1-5H3/t14-,16-/m0/s1. The van der Waals surface area contributed by atoms with Crippen LogP contribution < -0.4 is 4.74 Å². The summed E-state index contributed by atoms with van der Waals surface area (Å²) in [6, 6.07) is 8.92. The van der Waals surface area contributed by atoms with E-state index in [2.05, 4.69) is 4.98 Å². The zero-order chi connectivity index (χ0) is 20.8. The molecule has 0 fully saturated rings. The van der Waals surface area contributed by atoms with Crippen LogP contribution in [0.3, 0.4) is 0 Å². The van der Waals surface area contributed by atoms with Gasteiger partial charge in [-0.3, -0.25) is 4.79 Å². The van der Waals surface area contributed by atoms with Gasteiger partial charge < -0.3 is 19.2 Å². The average Bonchev–Trinajstić information content (AvgIpc) is 2.99. The van der Waals surface area contributed by atoms with E-state index in [-0.39, 0.29) is 5.69 Å². The summed E-state index contributed by atoms with van der Waals surface area (Å²) in [5.41, 5.74) is 1.51. The molecule has 1 N–H and O–H groups in total. The first-order valence-electron chi connectivity index (χ1n) is 9.04. The number of hydrogen-bond donors (Lipinski definition) is 1. The number of esters is 2. The van der Waals surface area contributed by atoms with E-state index in [0.717, 1.165) is 0 Å². The Labute approximate surface area is 164 Å². The molecule has 0 aliphatic rings. The summed E-state index contributed by atoms with van der Waals surface area (Å²) >= 11 is 0. The van der Waals surface area contributed by atoms with Crippen molar-refractivity contribution in [3.63, 3.8) is 0 Å². The molecule has 2 atom stereocenters. The number of nitrogens with one attached hydrogen (secondary N) is 1. The van der Waals surface area contributed by atoms with Gasteiger partial charge in [0.1, 0.15) is 5.75 Å². The van der Waals surface area contributed by atoms with E-state index in [1.165, 1.54) is 14.0 Å². The topological polar surface area (TPSA) is 94.7 Å². The molecule has 150 valence electrons. The number of Topliss-reactive ketones (excluding diaryl/α,β-unsaturated/α-hetero) is 1. The Hall–Kier alpha value is -3.09. The molecule has 0 amide bonds. The predicted molar refractivity (Wildman–Crippen MR) is 103 cm³/mol. The van der Waals surface area contributed by atoms with Crippen LogP contribution in [0.5, 0.6) is 5.75 Å². The third kappa shape index (κ3) is 4.60. The number of benzene rings is 1. The summed E-state index contributed by atoms with van der Waals surface area (Å²) in [5.74, 6) is -1.04. The Morgan fingerprint density at radius 2 is 1.75 bits per heavy atom. The SMILES string of the molecule is CC[C@H](Oc1ccccc1)C(=O)O[C@@H](C)C(=O)c1[nH]c(C)c(C(=O)OC)c1C. The van der Waals surface area contributed by atoms with E-state index in [1.54, 1.807) is 45.0 Å². The Morgan fingerprint density at radius 3 is 2.32 bits per heavy atom. The van der Waals surface area contributed by atoms with Crippen molar-refractivity contribution >= 4 is 17.7 Å². The summed E-state index contributed by atoms with van der Waals surface area (Å²) < 4.78 is 15.7. The first kappa shape index (κ1) is 21.2. The monoisotopic (exact) mass is 387 g/mol. The number of para-hydroxylation sites is 1. The molecule has 0 radical (unpaired) electrons. The first-order chi connectivity index (χ1) is 13.3. The highest BCUT2D eigenvalue weighted by molar-refractivity contribution is 6.04. The van der Waals surface area contributed by atoms with E-state index in [9.17, 15) is 14.4 Å². The van der Waals surface area contributed by atoms with Gasteiger partial charge >= 0.3 is 11.9 Å². The van der Waals surface area contributed by atoms with Crippen molar-refractivity contribution in [3.8, 4) is 5.75 Å². The van der Waals surface area contributed by atoms with Crippen LogP contribution in [-0.4, -0.2) is 42.0 Å². The lowest BCUT2D eigenvalue weighted by Crippen LogP contribution is -2.34. The molecule has 2 aromatic rings. The van der Waals surface area contributed by atoms with Crippen molar-refractivity contribution in [2.24, 2.45) is 0 Å². The van der Waals surface area contributed by atoms with Crippen LogP contribution in [0.25, 0.3) is 0 Å². The second-order valence-corrected chi connectivity index (χ2v) is 6.39. The van der Waals surface area contributed by atoms with E-state index in [0.29, 0.717) is 29.0 Å². The van der Waals surface area contributed by atoms with Crippen LogP contribution in [0.2, 0.25) is 0 Å². The molecule has 0 saturated heterocycles. The summed E-state index contributed by atoms with van der Waals surface area (Å²) in [6.07, 6.45) is -1.47. The van der Waals surface area contributed by atoms with Gasteiger partial charge in [-0.1, -0.05) is 25.1 Å². The summed E-state index contributed by atoms with van der Waals surface area (Å²) in [5, 5.41) is 0. The number of carbonyl (C=O) groups is 3. The molecule has 7 heteroatoms. The molecule has 0 unspecified atom stereocenters. The number of aromatic nitrogens is 1. The predicted octanol–water partition coefficient (Wildman–Crippen LogP) is 3.39. The van der Waals surface area contributed by atoms with Crippen molar-refractivity contribution in [1.29, 1.82) is 0 Å². The number of aryl methyl sites for hydroxylation is 1. The van der Waals surface area contributed by atoms with Gasteiger partial charge in [0.25, 0.3) is 0 Å². The molecule has 1 aromatic heterocycles. The quantitative estimate of drug-likeness (QED) is 0.551. The molecule has 0 aliphatic heterocycles. The Balaban J connectivity index is 2.11. The third-order valence-electron chi connectivity index (χ3n) is 4.39. The maximum absolute atomic E-state index is 12.7. The fourth-order valence-corrected chi connectivity index (χ4v) is 2.87. The van der Waals surface area contributed by atoms with Gasteiger partial charge in [-0.25, -0.2) is 9.59 Å². The van der Waals surface area contributed by atoms with Crippen LogP contribution in [0.4, 0.5) is 0 Å². The number of rotatable bonds is 8. The molecule has 0 aliphatic carbocycles. The zero-order valence-electron chi connectivity index (χ0n) is 16.7. The Bertz CT molecular complexity index is 855. The average molecular weight is 387 g/mol. The minimum Gasteiger partial charge on any atom is -0.479 e. The maximum Gasteiger partial charge on any atom is 0.348 e. The molecule has 0 saturated carbocycles. The molecule has 28 heavy (non-hydrogen) atoms. The van der Waals surface area contributed by atoms with E-state index >= 15 is 0 Å². The van der Waals surface area contributed by atoms with Gasteiger partial charge in [-0.05, 0) is 44.9 Å². The molecule has 1 heterocycles. The lowest BCUT2D eigenvalue weighted by atomic mass is 10.1. The maximum atomic E-state index is 12.7. The van der Waals surface area contributed by atoms with Gasteiger partial charge in [-0.2, -0.15) is 0 Å². The van der Waals surface area contributed by atoms with Gasteiger partial charge in [0.2, 0.25) is 5.78 Å². The van der Waals surface area contributed by atoms with Gasteiger partial charge in [0, 0.05) is 5.69 Å². The fraction of sp³-hybridized carbons (Fsp3) is 0.381. The van der Waals surface area contributed by atoms with Gasteiger partial charge in [0.05, 0.1) is 18.4 Å². The van der Waals surface area contributed by atoms with E-state index < -0.39 is 29.9 Å². The van der Waals surface area contributed by atoms with Gasteiger partial charge in [0.15, 0.2) is 12.2 Å². The summed E-state index contributed by atoms with van der Waals surface area (Å²) in [6.45, 7) is 6.60. The minimum atomic E-state index is -1.04. The van der Waals surface area contributed by atoms with E-state index in [1.807, 2.05) is 6.07 Å². The van der Waals surface area contributed by atoms with Crippen LogP contribution in [0.15, 0.2) is 30.3 Å². The largest absolute Gasteiger partial charge is 0.479 e. The molecule has 0 spiro atoms. The minimum absolute atomic E-state index is 0.218. The van der Waals surface area contributed by atoms with Crippen molar-refractivity contribution < 1.29 is 28.6 Å². The number of ketones is 1. The van der Waals surface area contributed by atoms with Crippen molar-refractivity contribution in [1.82, 2.24) is 4.98 Å². The van der Waals surface area contributed by atoms with Crippen LogP contribution in [0.1, 0.15) is 52.4 Å². The lowest BCUT2D eigenvalue weighted by molar-refractivity contribution is -0.154. The number of H-pyrrole nitrogens is 1. The highest BCUT2D eigenvalue weighted by Crippen LogP contribution is 2.21. The summed E-state index contributed by atoms with van der Waals surface area (Å²) in [7, 11) is 1.28. The summed E-state index contributed by atoms with van der Waals surface area (Å²) in [4.78, 5) is 40.0. The fourth-order valence-electron chi connectivity index (χ4n) is 2.87. The number of ether oxygens (including phenoxy) is 3.